The van der Waals surface area contributed by atoms with Crippen molar-refractivity contribution in [2.24, 2.45) is 0 Å². The van der Waals surface area contributed by atoms with Crippen LogP contribution < -0.4 is 4.90 Å². The number of carbonyl (C=O) groups is 1. The first kappa shape index (κ1) is 16.1. The Morgan fingerprint density at radius 2 is 2.30 bits per heavy atom. The molecule has 3 rings (SSSR count). The lowest BCUT2D eigenvalue weighted by atomic mass is 9.96. The van der Waals surface area contributed by atoms with Crippen molar-refractivity contribution in [3.8, 4) is 6.07 Å². The Morgan fingerprint density at radius 3 is 2.87 bits per heavy atom. The number of amides is 1. The first-order valence-electron chi connectivity index (χ1n) is 7.38. The number of aliphatic hydroxyl groups excluding tert-OH is 1. The normalized spacial score (nSPS) is 29.9. The zero-order chi connectivity index (χ0) is 16.8. The van der Waals surface area contributed by atoms with Crippen LogP contribution in [0.25, 0.3) is 0 Å². The van der Waals surface area contributed by atoms with E-state index in [1.807, 2.05) is 6.07 Å². The number of hydrogen-bond donors (Lipinski definition) is 1. The Hall–Kier alpha value is -1.81. The molecule has 1 N–H and O–H groups in total. The van der Waals surface area contributed by atoms with Gasteiger partial charge in [-0.15, -0.1) is 0 Å². The van der Waals surface area contributed by atoms with Crippen LogP contribution in [0.2, 0.25) is 5.02 Å². The number of halogens is 1. The van der Waals surface area contributed by atoms with E-state index >= 15 is 0 Å². The molecule has 1 aliphatic carbocycles. The van der Waals surface area contributed by atoms with Gasteiger partial charge in [0, 0.05) is 7.11 Å². The summed E-state index contributed by atoms with van der Waals surface area (Å²) in [5.41, 5.74) is 0.389. The van der Waals surface area contributed by atoms with Crippen LogP contribution in [-0.4, -0.2) is 36.2 Å². The SMILES string of the molecule is CO[C@H]1N(c2ccc(C#N)c(Cl)c2C)C(=O)OC12CCC[C@H]2O. The van der Waals surface area contributed by atoms with E-state index in [-0.39, 0.29) is 0 Å². The number of aliphatic hydroxyl groups is 1. The lowest BCUT2D eigenvalue weighted by molar-refractivity contribution is -0.107. The Bertz CT molecular complexity index is 702. The summed E-state index contributed by atoms with van der Waals surface area (Å²) in [4.78, 5) is 13.8. The third-order valence-corrected chi connectivity index (χ3v) is 5.18. The number of nitriles is 1. The molecule has 1 heterocycles. The summed E-state index contributed by atoms with van der Waals surface area (Å²) in [6.45, 7) is 1.73. The monoisotopic (exact) mass is 336 g/mol. The predicted octanol–water partition coefficient (Wildman–Crippen LogP) is 2.73. The minimum Gasteiger partial charge on any atom is -0.435 e. The highest BCUT2D eigenvalue weighted by atomic mass is 35.5. The maximum absolute atomic E-state index is 12.5. The third-order valence-electron chi connectivity index (χ3n) is 4.70. The van der Waals surface area contributed by atoms with Crippen molar-refractivity contribution < 1.29 is 19.4 Å². The number of rotatable bonds is 2. The molecule has 0 radical (unpaired) electrons. The van der Waals surface area contributed by atoms with Gasteiger partial charge in [-0.25, -0.2) is 9.69 Å². The highest BCUT2D eigenvalue weighted by molar-refractivity contribution is 6.33. The molecular formula is C16H17ClN2O4. The molecule has 1 aromatic carbocycles. The molecule has 1 unspecified atom stereocenters. The highest BCUT2D eigenvalue weighted by Crippen LogP contribution is 2.46. The van der Waals surface area contributed by atoms with Gasteiger partial charge in [-0.1, -0.05) is 11.6 Å². The number of ether oxygens (including phenoxy) is 2. The Morgan fingerprint density at radius 1 is 1.57 bits per heavy atom. The second kappa shape index (κ2) is 5.68. The predicted molar refractivity (Wildman–Crippen MR) is 83.2 cm³/mol. The Kier molecular flexibility index (Phi) is 3.96. The van der Waals surface area contributed by atoms with Gasteiger partial charge in [0.1, 0.15) is 6.07 Å². The van der Waals surface area contributed by atoms with Crippen molar-refractivity contribution in [1.29, 1.82) is 5.26 Å². The van der Waals surface area contributed by atoms with Gasteiger partial charge in [-0.3, -0.25) is 0 Å². The molecule has 1 saturated heterocycles. The van der Waals surface area contributed by atoms with Crippen molar-refractivity contribution in [2.45, 2.75) is 44.1 Å². The fraction of sp³-hybridized carbons (Fsp3) is 0.500. The van der Waals surface area contributed by atoms with Gasteiger partial charge in [0.2, 0.25) is 0 Å². The number of benzene rings is 1. The fourth-order valence-corrected chi connectivity index (χ4v) is 3.72. The Labute approximate surface area is 139 Å². The van der Waals surface area contributed by atoms with Crippen LogP contribution >= 0.6 is 11.6 Å². The van der Waals surface area contributed by atoms with Crippen molar-refractivity contribution in [3.63, 3.8) is 0 Å². The Balaban J connectivity index is 2.08. The second-order valence-corrected chi connectivity index (χ2v) is 6.25. The van der Waals surface area contributed by atoms with Gasteiger partial charge in [-0.2, -0.15) is 5.26 Å². The molecule has 1 spiro atoms. The van der Waals surface area contributed by atoms with Crippen LogP contribution in [0.15, 0.2) is 12.1 Å². The molecule has 7 heteroatoms. The van der Waals surface area contributed by atoms with Crippen LogP contribution in [0.4, 0.5) is 10.5 Å². The minimum atomic E-state index is -1.06. The van der Waals surface area contributed by atoms with E-state index in [9.17, 15) is 9.90 Å². The van der Waals surface area contributed by atoms with E-state index < -0.39 is 24.0 Å². The zero-order valence-corrected chi connectivity index (χ0v) is 13.6. The van der Waals surface area contributed by atoms with E-state index in [2.05, 4.69) is 0 Å². The van der Waals surface area contributed by atoms with Gasteiger partial charge in [0.15, 0.2) is 11.8 Å². The van der Waals surface area contributed by atoms with Crippen molar-refractivity contribution in [3.05, 3.63) is 28.3 Å². The quantitative estimate of drug-likeness (QED) is 0.897. The molecule has 1 aromatic rings. The molecule has 0 bridgehead atoms. The van der Waals surface area contributed by atoms with Gasteiger partial charge < -0.3 is 14.6 Å². The number of nitrogens with zero attached hydrogens (tertiary/aromatic N) is 2. The van der Waals surface area contributed by atoms with Crippen molar-refractivity contribution in [2.75, 3.05) is 12.0 Å². The summed E-state index contributed by atoms with van der Waals surface area (Å²) in [7, 11) is 1.48. The highest BCUT2D eigenvalue weighted by Gasteiger charge is 2.61. The fourth-order valence-electron chi connectivity index (χ4n) is 3.52. The van der Waals surface area contributed by atoms with E-state index in [1.54, 1.807) is 19.1 Å². The molecule has 3 atom stereocenters. The number of methoxy groups -OCH3 is 1. The molecule has 122 valence electrons. The lowest BCUT2D eigenvalue weighted by Gasteiger charge is -2.33. The minimum absolute atomic E-state index is 0.292. The molecule has 6 nitrogen and oxygen atoms in total. The maximum atomic E-state index is 12.5. The summed E-state index contributed by atoms with van der Waals surface area (Å²) >= 11 is 6.20. The third kappa shape index (κ3) is 2.19. The molecule has 23 heavy (non-hydrogen) atoms. The van der Waals surface area contributed by atoms with Crippen LogP contribution in [0.3, 0.4) is 0 Å². The van der Waals surface area contributed by atoms with Gasteiger partial charge in [0.05, 0.1) is 22.4 Å². The molecule has 2 fully saturated rings. The van der Waals surface area contributed by atoms with E-state index in [4.69, 9.17) is 26.3 Å². The molecular weight excluding hydrogens is 320 g/mol. The molecule has 2 aliphatic rings. The van der Waals surface area contributed by atoms with Gasteiger partial charge >= 0.3 is 6.09 Å². The average Bonchev–Trinajstić information content (AvgIpc) is 3.03. The van der Waals surface area contributed by atoms with E-state index in [0.29, 0.717) is 34.7 Å². The largest absolute Gasteiger partial charge is 0.435 e. The number of anilines is 1. The molecule has 1 aliphatic heterocycles. The van der Waals surface area contributed by atoms with Crippen molar-refractivity contribution in [1.82, 2.24) is 0 Å². The summed E-state index contributed by atoms with van der Waals surface area (Å²) in [6.07, 6.45) is -0.228. The molecule has 1 saturated carbocycles. The average molecular weight is 337 g/mol. The van der Waals surface area contributed by atoms with Crippen molar-refractivity contribution >= 4 is 23.4 Å². The van der Waals surface area contributed by atoms with E-state index in [0.717, 1.165) is 6.42 Å². The maximum Gasteiger partial charge on any atom is 0.417 e. The van der Waals surface area contributed by atoms with Crippen LogP contribution in [0.1, 0.15) is 30.4 Å². The van der Waals surface area contributed by atoms with Gasteiger partial charge in [0.25, 0.3) is 0 Å². The number of hydrogen-bond acceptors (Lipinski definition) is 5. The summed E-state index contributed by atoms with van der Waals surface area (Å²) in [5.74, 6) is 0. The zero-order valence-electron chi connectivity index (χ0n) is 12.9. The molecule has 0 aromatic heterocycles. The topological polar surface area (TPSA) is 82.8 Å². The van der Waals surface area contributed by atoms with Gasteiger partial charge in [-0.05, 0) is 43.9 Å². The molecule has 1 amide bonds. The first-order valence-corrected chi connectivity index (χ1v) is 7.76. The standard InChI is InChI=1S/C16H17ClN2O4/c1-9-11(6-5-10(8-18)13(9)17)19-14(22-2)16(23-15(19)21)7-3-4-12(16)20/h5-6,12,14,20H,3-4,7H2,1-2H3/t12-,14-,16?/m1/s1. The summed E-state index contributed by atoms with van der Waals surface area (Å²) in [5, 5.41) is 19.7. The number of carbonyl (C=O) groups excluding carboxylic acids is 1. The van der Waals surface area contributed by atoms with Crippen LogP contribution in [0, 0.1) is 18.3 Å². The summed E-state index contributed by atoms with van der Waals surface area (Å²) < 4.78 is 11.1. The summed E-state index contributed by atoms with van der Waals surface area (Å²) in [6, 6.07) is 5.21. The second-order valence-electron chi connectivity index (χ2n) is 5.87. The smallest absolute Gasteiger partial charge is 0.417 e. The lowest BCUT2D eigenvalue weighted by Crippen LogP contribution is -2.51. The van der Waals surface area contributed by atoms with Crippen LogP contribution in [-0.2, 0) is 9.47 Å². The first-order chi connectivity index (χ1) is 11.0. The van der Waals surface area contributed by atoms with Crippen LogP contribution in [0.5, 0.6) is 0 Å². The van der Waals surface area contributed by atoms with E-state index in [1.165, 1.54) is 12.0 Å².